The van der Waals surface area contributed by atoms with Crippen molar-refractivity contribution in [3.63, 3.8) is 0 Å². The third-order valence-electron chi connectivity index (χ3n) is 7.08. The van der Waals surface area contributed by atoms with Crippen LogP contribution in [0.4, 0.5) is 0 Å². The minimum atomic E-state index is -0.216. The molecule has 166 valence electrons. The maximum atomic E-state index is 11.3. The number of likely N-dealkylation sites (tertiary alicyclic amines) is 1. The molecule has 4 rings (SSSR count). The van der Waals surface area contributed by atoms with Crippen molar-refractivity contribution in [3.8, 4) is 0 Å². The van der Waals surface area contributed by atoms with Crippen LogP contribution in [-0.2, 0) is 10.2 Å². The molecule has 0 atom stereocenters. The molecule has 1 aliphatic rings. The highest BCUT2D eigenvalue weighted by Crippen LogP contribution is 2.37. The monoisotopic (exact) mass is 426 g/mol. The minimum absolute atomic E-state index is 0.216. The van der Waals surface area contributed by atoms with Gasteiger partial charge in [0.25, 0.3) is 0 Å². The highest BCUT2D eigenvalue weighted by atomic mass is 16.1. The van der Waals surface area contributed by atoms with E-state index in [2.05, 4.69) is 101 Å². The van der Waals surface area contributed by atoms with Crippen LogP contribution in [0.1, 0.15) is 48.3 Å². The molecule has 3 aromatic carbocycles. The van der Waals surface area contributed by atoms with Gasteiger partial charge in [0.2, 0.25) is 6.41 Å². The molecule has 0 spiro atoms. The van der Waals surface area contributed by atoms with E-state index >= 15 is 0 Å². The van der Waals surface area contributed by atoms with E-state index < -0.39 is 0 Å². The second kappa shape index (κ2) is 11.1. The van der Waals surface area contributed by atoms with Gasteiger partial charge in [-0.2, -0.15) is 0 Å². The van der Waals surface area contributed by atoms with Gasteiger partial charge in [-0.1, -0.05) is 91.0 Å². The van der Waals surface area contributed by atoms with Crippen LogP contribution in [0.5, 0.6) is 0 Å². The summed E-state index contributed by atoms with van der Waals surface area (Å²) in [5.74, 6) is 0.692. The Kier molecular flexibility index (Phi) is 7.73. The van der Waals surface area contributed by atoms with E-state index in [1.54, 1.807) is 0 Å². The summed E-state index contributed by atoms with van der Waals surface area (Å²) in [5.41, 5.74) is 3.80. The molecule has 1 saturated heterocycles. The number of amides is 1. The molecule has 1 fully saturated rings. The van der Waals surface area contributed by atoms with Gasteiger partial charge in [-0.25, -0.2) is 0 Å². The molecule has 3 aromatic rings. The van der Waals surface area contributed by atoms with Crippen LogP contribution in [0.3, 0.4) is 0 Å². The van der Waals surface area contributed by atoms with Gasteiger partial charge < -0.3 is 10.2 Å². The quantitative estimate of drug-likeness (QED) is 0.442. The third-order valence-corrected chi connectivity index (χ3v) is 7.08. The number of nitrogens with zero attached hydrogens (tertiary/aromatic N) is 1. The first-order chi connectivity index (χ1) is 15.8. The Morgan fingerprint density at radius 3 is 1.88 bits per heavy atom. The Balaban J connectivity index is 1.43. The normalized spacial score (nSPS) is 15.4. The second-order valence-electron chi connectivity index (χ2n) is 8.94. The van der Waals surface area contributed by atoms with Crippen LogP contribution in [-0.4, -0.2) is 37.5 Å². The number of piperidine rings is 1. The number of nitrogens with one attached hydrogen (secondary N) is 1. The van der Waals surface area contributed by atoms with Crippen molar-refractivity contribution in [2.24, 2.45) is 0 Å². The largest absolute Gasteiger partial charge is 0.357 e. The first-order valence-corrected chi connectivity index (χ1v) is 11.9. The van der Waals surface area contributed by atoms with Gasteiger partial charge in [-0.05, 0) is 67.9 Å². The van der Waals surface area contributed by atoms with Crippen molar-refractivity contribution in [1.29, 1.82) is 0 Å². The predicted octanol–water partition coefficient (Wildman–Crippen LogP) is 5.38. The smallest absolute Gasteiger partial charge is 0.207 e. The summed E-state index contributed by atoms with van der Waals surface area (Å²) in [6.45, 7) is 4.04. The first kappa shape index (κ1) is 22.3. The molecular weight excluding hydrogens is 392 g/mol. The summed E-state index contributed by atoms with van der Waals surface area (Å²) in [4.78, 5) is 13.9. The Hall–Kier alpha value is -2.91. The van der Waals surface area contributed by atoms with E-state index in [1.165, 1.54) is 29.5 Å². The molecule has 32 heavy (non-hydrogen) atoms. The molecule has 0 saturated carbocycles. The van der Waals surface area contributed by atoms with Gasteiger partial charge in [0.15, 0.2) is 0 Å². The van der Waals surface area contributed by atoms with Gasteiger partial charge >= 0.3 is 0 Å². The van der Waals surface area contributed by atoms with Crippen LogP contribution >= 0.6 is 0 Å². The van der Waals surface area contributed by atoms with Gasteiger partial charge in [0.05, 0.1) is 0 Å². The summed E-state index contributed by atoms with van der Waals surface area (Å²) in [6, 6.07) is 32.3. The topological polar surface area (TPSA) is 32.3 Å². The van der Waals surface area contributed by atoms with Gasteiger partial charge in [-0.15, -0.1) is 0 Å². The summed E-state index contributed by atoms with van der Waals surface area (Å²) < 4.78 is 0. The van der Waals surface area contributed by atoms with Gasteiger partial charge in [0, 0.05) is 12.0 Å². The van der Waals surface area contributed by atoms with E-state index in [0.29, 0.717) is 12.5 Å². The number of hydrogen-bond acceptors (Lipinski definition) is 2. The van der Waals surface area contributed by atoms with Crippen molar-refractivity contribution in [2.45, 2.75) is 37.0 Å². The number of benzene rings is 3. The maximum absolute atomic E-state index is 11.3. The van der Waals surface area contributed by atoms with Crippen LogP contribution in [0.2, 0.25) is 0 Å². The molecule has 0 aliphatic carbocycles. The molecule has 0 bridgehead atoms. The van der Waals surface area contributed by atoms with Gasteiger partial charge in [-0.3, -0.25) is 4.79 Å². The minimum Gasteiger partial charge on any atom is -0.357 e. The van der Waals surface area contributed by atoms with E-state index in [0.717, 1.165) is 38.9 Å². The number of rotatable bonds is 10. The molecule has 1 amide bonds. The van der Waals surface area contributed by atoms with Crippen LogP contribution in [0.15, 0.2) is 91.0 Å². The van der Waals surface area contributed by atoms with Crippen molar-refractivity contribution in [1.82, 2.24) is 10.2 Å². The Morgan fingerprint density at radius 2 is 1.34 bits per heavy atom. The van der Waals surface area contributed by atoms with E-state index in [9.17, 15) is 4.79 Å². The third kappa shape index (κ3) is 5.28. The summed E-state index contributed by atoms with van der Waals surface area (Å²) in [5, 5.41) is 3.00. The molecule has 0 radical (unpaired) electrons. The SMILES string of the molecule is O=CNCC(CCCN1CCC(c2ccccc2)CC1)(c1ccccc1)c1ccccc1. The number of carbonyl (C=O) groups is 1. The number of hydrogen-bond donors (Lipinski definition) is 1. The summed E-state index contributed by atoms with van der Waals surface area (Å²) >= 11 is 0. The fourth-order valence-electron chi connectivity index (χ4n) is 5.30. The second-order valence-corrected chi connectivity index (χ2v) is 8.94. The first-order valence-electron chi connectivity index (χ1n) is 11.9. The summed E-state index contributed by atoms with van der Waals surface area (Å²) in [6.07, 6.45) is 5.40. The highest BCUT2D eigenvalue weighted by molar-refractivity contribution is 5.48. The maximum Gasteiger partial charge on any atom is 0.207 e. The van der Waals surface area contributed by atoms with Crippen molar-refractivity contribution in [3.05, 3.63) is 108 Å². The van der Waals surface area contributed by atoms with E-state index in [4.69, 9.17) is 0 Å². The van der Waals surface area contributed by atoms with Crippen LogP contribution < -0.4 is 5.32 Å². The molecule has 0 unspecified atom stereocenters. The molecule has 1 heterocycles. The molecule has 1 N–H and O–H groups in total. The lowest BCUT2D eigenvalue weighted by Crippen LogP contribution is -2.40. The van der Waals surface area contributed by atoms with Crippen molar-refractivity contribution < 1.29 is 4.79 Å². The lowest BCUT2D eigenvalue weighted by molar-refractivity contribution is -0.109. The zero-order valence-electron chi connectivity index (χ0n) is 18.8. The zero-order valence-corrected chi connectivity index (χ0v) is 18.8. The molecule has 3 heteroatoms. The molecule has 0 aromatic heterocycles. The van der Waals surface area contributed by atoms with E-state index in [1.807, 2.05) is 0 Å². The van der Waals surface area contributed by atoms with Crippen LogP contribution in [0, 0.1) is 0 Å². The lowest BCUT2D eigenvalue weighted by atomic mass is 9.71. The lowest BCUT2D eigenvalue weighted by Gasteiger charge is -2.37. The molecule has 3 nitrogen and oxygen atoms in total. The highest BCUT2D eigenvalue weighted by Gasteiger charge is 2.34. The van der Waals surface area contributed by atoms with E-state index in [-0.39, 0.29) is 5.41 Å². The zero-order chi connectivity index (χ0) is 22.1. The van der Waals surface area contributed by atoms with Crippen LogP contribution in [0.25, 0.3) is 0 Å². The Labute approximate surface area is 192 Å². The molecule has 1 aliphatic heterocycles. The summed E-state index contributed by atoms with van der Waals surface area (Å²) in [7, 11) is 0. The number of carbonyl (C=O) groups excluding carboxylic acids is 1. The Bertz CT molecular complexity index is 895. The fourth-order valence-corrected chi connectivity index (χ4v) is 5.30. The standard InChI is InChI=1S/C29H34N2O/c32-24-30-23-29(27-13-6-2-7-14-27,28-15-8-3-9-16-28)19-10-20-31-21-17-26(18-22-31)25-11-4-1-5-12-25/h1-9,11-16,24,26H,10,17-23H2,(H,30,32). The average molecular weight is 427 g/mol. The van der Waals surface area contributed by atoms with Gasteiger partial charge in [0.1, 0.15) is 0 Å². The van der Waals surface area contributed by atoms with Crippen molar-refractivity contribution in [2.75, 3.05) is 26.2 Å². The fraction of sp³-hybridized carbons (Fsp3) is 0.345. The Morgan fingerprint density at radius 1 is 0.812 bits per heavy atom. The predicted molar refractivity (Wildman–Crippen MR) is 132 cm³/mol. The van der Waals surface area contributed by atoms with Crippen molar-refractivity contribution >= 4 is 6.41 Å². The molecular formula is C29H34N2O. The average Bonchev–Trinajstić information content (AvgIpc) is 2.88.